The molecule has 2 unspecified atom stereocenters. The molecule has 0 radical (unpaired) electrons. The van der Waals surface area contributed by atoms with E-state index in [0.717, 1.165) is 13.0 Å². The van der Waals surface area contributed by atoms with Gasteiger partial charge in [-0.3, -0.25) is 4.98 Å². The molecule has 106 valence electrons. The topological polar surface area (TPSA) is 34.1 Å². The van der Waals surface area contributed by atoms with Crippen LogP contribution in [0.2, 0.25) is 0 Å². The Morgan fingerprint density at radius 2 is 2.15 bits per heavy atom. The molecule has 3 nitrogen and oxygen atoms in total. The van der Waals surface area contributed by atoms with Crippen LogP contribution in [-0.4, -0.2) is 24.2 Å². The summed E-state index contributed by atoms with van der Waals surface area (Å²) in [5, 5.41) is 6.10. The van der Waals surface area contributed by atoms with E-state index in [1.54, 1.807) is 7.11 Å². The molecule has 2 aromatic rings. The van der Waals surface area contributed by atoms with Crippen LogP contribution in [0.3, 0.4) is 0 Å². The van der Waals surface area contributed by atoms with E-state index in [-0.39, 0.29) is 5.41 Å². The van der Waals surface area contributed by atoms with Crippen LogP contribution < -0.4 is 5.32 Å². The summed E-state index contributed by atoms with van der Waals surface area (Å²) >= 11 is 0. The van der Waals surface area contributed by atoms with Gasteiger partial charge in [-0.25, -0.2) is 0 Å². The number of nitrogens with zero attached hydrogens (tertiary/aromatic N) is 1. The second kappa shape index (κ2) is 5.15. The number of rotatable bonds is 4. The van der Waals surface area contributed by atoms with Crippen LogP contribution in [0.4, 0.5) is 0 Å². The number of pyridine rings is 1. The van der Waals surface area contributed by atoms with Crippen molar-refractivity contribution in [2.45, 2.75) is 39.0 Å². The van der Waals surface area contributed by atoms with Gasteiger partial charge >= 0.3 is 0 Å². The molecule has 0 spiro atoms. The van der Waals surface area contributed by atoms with Gasteiger partial charge in [0, 0.05) is 42.9 Å². The molecule has 20 heavy (non-hydrogen) atoms. The van der Waals surface area contributed by atoms with Gasteiger partial charge in [0.1, 0.15) is 0 Å². The smallest absolute Gasteiger partial charge is 0.0652 e. The van der Waals surface area contributed by atoms with Gasteiger partial charge in [0.25, 0.3) is 0 Å². The van der Waals surface area contributed by atoms with E-state index in [1.807, 2.05) is 12.4 Å². The number of hydrogen-bond acceptors (Lipinski definition) is 3. The minimum Gasteiger partial charge on any atom is -0.381 e. The maximum absolute atomic E-state index is 5.49. The monoisotopic (exact) mass is 270 g/mol. The SMILES string of the molecule is COC1CC(NCc2ccc3cnccc3c2)C1(C)C. The number of hydrogen-bond donors (Lipinski definition) is 1. The molecular weight excluding hydrogens is 248 g/mol. The normalized spacial score (nSPS) is 24.6. The van der Waals surface area contributed by atoms with Crippen molar-refractivity contribution in [3.8, 4) is 0 Å². The van der Waals surface area contributed by atoms with Crippen molar-refractivity contribution in [3.05, 3.63) is 42.2 Å². The second-order valence-electron chi connectivity index (χ2n) is 6.27. The van der Waals surface area contributed by atoms with E-state index < -0.39 is 0 Å². The molecule has 1 fully saturated rings. The lowest BCUT2D eigenvalue weighted by Gasteiger charge is -2.51. The number of aromatic nitrogens is 1. The van der Waals surface area contributed by atoms with Crippen molar-refractivity contribution in [3.63, 3.8) is 0 Å². The Morgan fingerprint density at radius 3 is 2.90 bits per heavy atom. The fourth-order valence-corrected chi connectivity index (χ4v) is 3.12. The molecule has 3 heteroatoms. The van der Waals surface area contributed by atoms with Gasteiger partial charge in [-0.15, -0.1) is 0 Å². The quantitative estimate of drug-likeness (QED) is 0.926. The summed E-state index contributed by atoms with van der Waals surface area (Å²) in [4.78, 5) is 4.15. The van der Waals surface area contributed by atoms with Gasteiger partial charge < -0.3 is 10.1 Å². The fourth-order valence-electron chi connectivity index (χ4n) is 3.12. The Bertz CT molecular complexity index is 609. The van der Waals surface area contributed by atoms with E-state index >= 15 is 0 Å². The first kappa shape index (κ1) is 13.5. The lowest BCUT2D eigenvalue weighted by atomic mass is 9.64. The third-order valence-electron chi connectivity index (χ3n) is 4.72. The van der Waals surface area contributed by atoms with Crippen molar-refractivity contribution in [1.82, 2.24) is 10.3 Å². The zero-order valence-electron chi connectivity index (χ0n) is 12.4. The number of fused-ring (bicyclic) bond motifs is 1. The Balaban J connectivity index is 1.66. The first-order valence-corrected chi connectivity index (χ1v) is 7.20. The fraction of sp³-hybridized carbons (Fsp3) is 0.471. The summed E-state index contributed by atoms with van der Waals surface area (Å²) in [7, 11) is 1.81. The molecule has 1 aromatic heterocycles. The van der Waals surface area contributed by atoms with Crippen LogP contribution >= 0.6 is 0 Å². The molecule has 1 heterocycles. The molecule has 1 saturated carbocycles. The standard InChI is InChI=1S/C17H22N2O/c1-17(2)15(9-16(17)20-3)19-10-12-4-5-14-11-18-7-6-13(14)8-12/h4-8,11,15-16,19H,9-10H2,1-3H3. The van der Waals surface area contributed by atoms with Gasteiger partial charge in [0.2, 0.25) is 0 Å². The molecule has 1 aliphatic rings. The molecule has 1 N–H and O–H groups in total. The molecule has 2 atom stereocenters. The van der Waals surface area contributed by atoms with Gasteiger partial charge in [-0.05, 0) is 29.5 Å². The Kier molecular flexibility index (Phi) is 3.48. The van der Waals surface area contributed by atoms with Crippen molar-refractivity contribution >= 4 is 10.8 Å². The van der Waals surface area contributed by atoms with Gasteiger partial charge in [-0.2, -0.15) is 0 Å². The van der Waals surface area contributed by atoms with Crippen LogP contribution in [0.5, 0.6) is 0 Å². The van der Waals surface area contributed by atoms with Crippen LogP contribution in [0.15, 0.2) is 36.7 Å². The van der Waals surface area contributed by atoms with E-state index in [0.29, 0.717) is 12.1 Å². The predicted octanol–water partition coefficient (Wildman–Crippen LogP) is 3.14. The third kappa shape index (κ3) is 2.32. The summed E-state index contributed by atoms with van der Waals surface area (Å²) in [6, 6.07) is 9.15. The van der Waals surface area contributed by atoms with Crippen LogP contribution in [-0.2, 0) is 11.3 Å². The highest BCUT2D eigenvalue weighted by atomic mass is 16.5. The molecule has 1 aliphatic carbocycles. The van der Waals surface area contributed by atoms with Crippen molar-refractivity contribution < 1.29 is 4.74 Å². The van der Waals surface area contributed by atoms with E-state index in [4.69, 9.17) is 4.74 Å². The zero-order valence-corrected chi connectivity index (χ0v) is 12.4. The molecule has 0 aliphatic heterocycles. The highest BCUT2D eigenvalue weighted by Crippen LogP contribution is 2.42. The molecule has 3 rings (SSSR count). The number of benzene rings is 1. The van der Waals surface area contributed by atoms with Gasteiger partial charge in [0.05, 0.1) is 6.10 Å². The summed E-state index contributed by atoms with van der Waals surface area (Å²) in [6.45, 7) is 5.45. The van der Waals surface area contributed by atoms with Gasteiger partial charge in [0.15, 0.2) is 0 Å². The summed E-state index contributed by atoms with van der Waals surface area (Å²) in [5.41, 5.74) is 1.54. The zero-order chi connectivity index (χ0) is 14.2. The second-order valence-corrected chi connectivity index (χ2v) is 6.27. The number of methoxy groups -OCH3 is 1. The largest absolute Gasteiger partial charge is 0.381 e. The Morgan fingerprint density at radius 1 is 1.30 bits per heavy atom. The third-order valence-corrected chi connectivity index (χ3v) is 4.72. The van der Waals surface area contributed by atoms with Crippen molar-refractivity contribution in [1.29, 1.82) is 0 Å². The summed E-state index contributed by atoms with van der Waals surface area (Å²) in [6.07, 6.45) is 5.23. The summed E-state index contributed by atoms with van der Waals surface area (Å²) in [5.74, 6) is 0. The average molecular weight is 270 g/mol. The minimum atomic E-state index is 0.218. The maximum Gasteiger partial charge on any atom is 0.0652 e. The molecule has 0 saturated heterocycles. The van der Waals surface area contributed by atoms with Crippen LogP contribution in [0, 0.1) is 5.41 Å². The lowest BCUT2D eigenvalue weighted by molar-refractivity contribution is -0.0979. The van der Waals surface area contributed by atoms with Crippen molar-refractivity contribution in [2.24, 2.45) is 5.41 Å². The number of nitrogens with one attached hydrogen (secondary N) is 1. The Hall–Kier alpha value is -1.45. The van der Waals surface area contributed by atoms with Crippen LogP contribution in [0.1, 0.15) is 25.8 Å². The molecule has 1 aromatic carbocycles. The highest BCUT2D eigenvalue weighted by molar-refractivity contribution is 5.81. The molecular formula is C17H22N2O. The van der Waals surface area contributed by atoms with Crippen LogP contribution in [0.25, 0.3) is 10.8 Å². The first-order valence-electron chi connectivity index (χ1n) is 7.20. The lowest BCUT2D eigenvalue weighted by Crippen LogP contribution is -2.60. The Labute approximate surface area is 120 Å². The first-order chi connectivity index (χ1) is 9.61. The van der Waals surface area contributed by atoms with E-state index in [2.05, 4.69) is 48.4 Å². The average Bonchev–Trinajstić information content (AvgIpc) is 2.46. The summed E-state index contributed by atoms with van der Waals surface area (Å²) < 4.78 is 5.49. The molecule has 0 bridgehead atoms. The number of ether oxygens (including phenoxy) is 1. The van der Waals surface area contributed by atoms with E-state index in [9.17, 15) is 0 Å². The predicted molar refractivity (Wildman–Crippen MR) is 81.6 cm³/mol. The highest BCUT2D eigenvalue weighted by Gasteiger charge is 2.48. The maximum atomic E-state index is 5.49. The van der Waals surface area contributed by atoms with Crippen molar-refractivity contribution in [2.75, 3.05) is 7.11 Å². The van der Waals surface area contributed by atoms with E-state index in [1.165, 1.54) is 16.3 Å². The van der Waals surface area contributed by atoms with Gasteiger partial charge in [-0.1, -0.05) is 26.0 Å². The minimum absolute atomic E-state index is 0.218. The molecule has 0 amide bonds.